The van der Waals surface area contributed by atoms with Gasteiger partial charge in [-0.3, -0.25) is 19.3 Å². The number of ketones is 1. The third kappa shape index (κ3) is 3.33. The summed E-state index contributed by atoms with van der Waals surface area (Å²) in [5.41, 5.74) is -1.18. The molecule has 0 unspecified atom stereocenters. The van der Waals surface area contributed by atoms with Gasteiger partial charge in [0.1, 0.15) is 5.76 Å². The number of para-hydroxylation sites is 1. The maximum Gasteiger partial charge on any atom is 0.337 e. The van der Waals surface area contributed by atoms with Crippen LogP contribution in [0.25, 0.3) is 5.76 Å². The maximum atomic E-state index is 13.5. The van der Waals surface area contributed by atoms with Gasteiger partial charge < -0.3 is 14.2 Å². The Morgan fingerprint density at radius 3 is 2.28 bits per heavy atom. The van der Waals surface area contributed by atoms with E-state index in [0.29, 0.717) is 11.3 Å². The van der Waals surface area contributed by atoms with Crippen LogP contribution in [0.4, 0.5) is 5.69 Å². The predicted molar refractivity (Wildman–Crippen MR) is 113 cm³/mol. The van der Waals surface area contributed by atoms with Crippen molar-refractivity contribution < 1.29 is 33.4 Å². The van der Waals surface area contributed by atoms with Gasteiger partial charge in [0, 0.05) is 18.2 Å². The highest BCUT2D eigenvalue weighted by Crippen LogP contribution is 2.49. The molecule has 0 saturated carbocycles. The fourth-order valence-corrected chi connectivity index (χ4v) is 4.13. The molecular weight excluding hydrogens is 414 g/mol. The summed E-state index contributed by atoms with van der Waals surface area (Å²) in [5.74, 6) is -3.19. The highest BCUT2D eigenvalue weighted by molar-refractivity contribution is 6.54. The zero-order valence-electron chi connectivity index (χ0n) is 17.6. The van der Waals surface area contributed by atoms with Gasteiger partial charge in [0.15, 0.2) is 5.54 Å². The number of hydrogen-bond donors (Lipinski definition) is 0. The zero-order valence-corrected chi connectivity index (χ0v) is 17.6. The van der Waals surface area contributed by atoms with E-state index in [1.165, 1.54) is 6.92 Å². The first kappa shape index (κ1) is 21.3. The number of esters is 2. The van der Waals surface area contributed by atoms with Crippen LogP contribution in [-0.4, -0.2) is 42.1 Å². The van der Waals surface area contributed by atoms with Crippen LogP contribution in [0.3, 0.4) is 0 Å². The van der Waals surface area contributed by atoms with E-state index in [1.807, 2.05) is 0 Å². The van der Waals surface area contributed by atoms with Crippen LogP contribution in [-0.2, 0) is 33.4 Å². The Kier molecular flexibility index (Phi) is 5.52. The number of amides is 1. The van der Waals surface area contributed by atoms with Gasteiger partial charge in [0.2, 0.25) is 6.29 Å². The average molecular weight is 435 g/mol. The second kappa shape index (κ2) is 8.30. The number of fused-ring (bicyclic) bond motifs is 1. The lowest BCUT2D eigenvalue weighted by molar-refractivity contribution is -0.173. The van der Waals surface area contributed by atoms with Crippen molar-refractivity contribution in [2.75, 3.05) is 11.5 Å². The second-order valence-electron chi connectivity index (χ2n) is 7.32. The number of benzene rings is 2. The van der Waals surface area contributed by atoms with Crippen LogP contribution >= 0.6 is 0 Å². The van der Waals surface area contributed by atoms with Crippen molar-refractivity contribution in [1.29, 1.82) is 0 Å². The van der Waals surface area contributed by atoms with E-state index in [-0.39, 0.29) is 24.4 Å². The fraction of sp³-hybridized carbons (Fsp3) is 0.250. The Hall–Kier alpha value is -3.94. The molecule has 2 atom stereocenters. The quantitative estimate of drug-likeness (QED) is 0.526. The molecule has 0 bridgehead atoms. The molecule has 164 valence electrons. The van der Waals surface area contributed by atoms with Crippen LogP contribution in [0, 0.1) is 0 Å². The second-order valence-corrected chi connectivity index (χ2v) is 7.32. The minimum absolute atomic E-state index is 0.00735. The van der Waals surface area contributed by atoms with Crippen molar-refractivity contribution in [3.63, 3.8) is 0 Å². The molecule has 8 nitrogen and oxygen atoms in total. The number of rotatable bonds is 5. The molecule has 0 N–H and O–H groups in total. The van der Waals surface area contributed by atoms with Crippen LogP contribution < -0.4 is 4.90 Å². The van der Waals surface area contributed by atoms with E-state index in [0.717, 1.165) is 4.90 Å². The van der Waals surface area contributed by atoms with Crippen molar-refractivity contribution in [3.05, 3.63) is 71.8 Å². The lowest BCUT2D eigenvalue weighted by atomic mass is 9.82. The standard InChI is InChI=1S/C24H21NO7/c1-3-30-23(29)24-14-18(31-15(2)26)32-21(16-10-6-4-7-11-16)19(24)20(27)22(28)25(24)17-12-8-5-9-13-17/h4-13,18H,3,14H2,1-2H3/t18-,24-/m1/s1. The maximum absolute atomic E-state index is 13.5. The minimum Gasteiger partial charge on any atom is -0.464 e. The van der Waals surface area contributed by atoms with Crippen molar-refractivity contribution in [2.24, 2.45) is 0 Å². The Labute approximate surface area is 184 Å². The highest BCUT2D eigenvalue weighted by Gasteiger charge is 2.66. The predicted octanol–water partition coefficient (Wildman–Crippen LogP) is 2.63. The van der Waals surface area contributed by atoms with Gasteiger partial charge in [-0.1, -0.05) is 48.5 Å². The van der Waals surface area contributed by atoms with Gasteiger partial charge in [-0.05, 0) is 19.1 Å². The topological polar surface area (TPSA) is 99.2 Å². The molecule has 8 heteroatoms. The van der Waals surface area contributed by atoms with E-state index in [2.05, 4.69) is 0 Å². The minimum atomic E-state index is -1.85. The van der Waals surface area contributed by atoms with E-state index < -0.39 is 35.5 Å². The SMILES string of the molecule is CCOC(=O)[C@@]12C[C@H](OC(C)=O)OC(c3ccccc3)=C1C(=O)C(=O)N2c1ccccc1. The molecule has 0 aliphatic carbocycles. The summed E-state index contributed by atoms with van der Waals surface area (Å²) < 4.78 is 16.5. The van der Waals surface area contributed by atoms with Gasteiger partial charge in [-0.2, -0.15) is 0 Å². The molecule has 1 amide bonds. The summed E-state index contributed by atoms with van der Waals surface area (Å²) in [6.07, 6.45) is -1.51. The zero-order chi connectivity index (χ0) is 22.9. The van der Waals surface area contributed by atoms with Crippen LogP contribution in [0.15, 0.2) is 66.2 Å². The number of hydrogen-bond acceptors (Lipinski definition) is 7. The molecule has 2 aliphatic rings. The smallest absolute Gasteiger partial charge is 0.337 e. The molecule has 4 rings (SSSR count). The summed E-state index contributed by atoms with van der Waals surface area (Å²) >= 11 is 0. The number of anilines is 1. The summed E-state index contributed by atoms with van der Waals surface area (Å²) in [7, 11) is 0. The third-order valence-electron chi connectivity index (χ3n) is 5.32. The van der Waals surface area contributed by atoms with E-state index in [9.17, 15) is 19.2 Å². The molecule has 0 aromatic heterocycles. The average Bonchev–Trinajstić information content (AvgIpc) is 3.02. The van der Waals surface area contributed by atoms with Crippen LogP contribution in [0.1, 0.15) is 25.8 Å². The Bertz CT molecular complexity index is 1110. The summed E-state index contributed by atoms with van der Waals surface area (Å²) in [5, 5.41) is 0. The Morgan fingerprint density at radius 2 is 1.69 bits per heavy atom. The first-order valence-corrected chi connectivity index (χ1v) is 10.2. The van der Waals surface area contributed by atoms with Crippen molar-refractivity contribution in [3.8, 4) is 0 Å². The van der Waals surface area contributed by atoms with Gasteiger partial charge in [-0.25, -0.2) is 4.79 Å². The number of nitrogens with zero attached hydrogens (tertiary/aromatic N) is 1. The Balaban J connectivity index is 2.03. The van der Waals surface area contributed by atoms with Crippen molar-refractivity contribution >= 4 is 35.1 Å². The number of carbonyl (C=O) groups excluding carboxylic acids is 4. The molecule has 1 fully saturated rings. The monoisotopic (exact) mass is 435 g/mol. The largest absolute Gasteiger partial charge is 0.464 e. The first-order chi connectivity index (χ1) is 15.4. The molecule has 0 radical (unpaired) electrons. The van der Waals surface area contributed by atoms with Crippen LogP contribution in [0.5, 0.6) is 0 Å². The highest BCUT2D eigenvalue weighted by atomic mass is 16.7. The molecule has 0 spiro atoms. The van der Waals surface area contributed by atoms with Crippen molar-refractivity contribution in [1.82, 2.24) is 0 Å². The normalized spacial score (nSPS) is 22.3. The first-order valence-electron chi connectivity index (χ1n) is 10.2. The molecule has 2 aromatic rings. The molecular formula is C24H21NO7. The molecule has 32 heavy (non-hydrogen) atoms. The van der Waals surface area contributed by atoms with E-state index in [4.69, 9.17) is 14.2 Å². The molecule has 2 aliphatic heterocycles. The van der Waals surface area contributed by atoms with Crippen molar-refractivity contribution in [2.45, 2.75) is 32.1 Å². The van der Waals surface area contributed by atoms with Crippen LogP contribution in [0.2, 0.25) is 0 Å². The molecule has 2 aromatic carbocycles. The summed E-state index contributed by atoms with van der Waals surface area (Å²) in [4.78, 5) is 52.9. The van der Waals surface area contributed by atoms with Gasteiger partial charge >= 0.3 is 17.8 Å². The molecule has 1 saturated heterocycles. The van der Waals surface area contributed by atoms with Gasteiger partial charge in [0.05, 0.1) is 18.6 Å². The summed E-state index contributed by atoms with van der Waals surface area (Å²) in [6.45, 7) is 2.87. The summed E-state index contributed by atoms with van der Waals surface area (Å²) in [6, 6.07) is 16.9. The van der Waals surface area contributed by atoms with E-state index in [1.54, 1.807) is 67.6 Å². The lowest BCUT2D eigenvalue weighted by Crippen LogP contribution is -2.58. The Morgan fingerprint density at radius 1 is 1.06 bits per heavy atom. The fourth-order valence-electron chi connectivity index (χ4n) is 4.13. The number of Topliss-reactive ketones (excluding diaryl/α,β-unsaturated/α-hetero) is 1. The number of ether oxygens (including phenoxy) is 3. The third-order valence-corrected chi connectivity index (χ3v) is 5.32. The van der Waals surface area contributed by atoms with E-state index >= 15 is 0 Å². The number of carbonyl (C=O) groups is 4. The van der Waals surface area contributed by atoms with Gasteiger partial charge in [-0.15, -0.1) is 0 Å². The lowest BCUT2D eigenvalue weighted by Gasteiger charge is -2.41. The van der Waals surface area contributed by atoms with Gasteiger partial charge in [0.25, 0.3) is 5.78 Å². The molecule has 2 heterocycles.